The standard InChI is InChI=1S/C29H30N4O5/c1-3-36-27-17-22(14-15-26(27)38-20-24-13-9-8-12-23(24)18-30)19-31-33-28(34)25(32-29(35)37-4-2)16-21-10-6-5-7-11-21/h5-15,17,19,25H,3-4,16,20H2,1-2H3,(H,32,35)(H,33,34)/b31-19-/t25-/m0/s1. The summed E-state index contributed by atoms with van der Waals surface area (Å²) >= 11 is 0. The molecule has 0 aromatic heterocycles. The zero-order valence-corrected chi connectivity index (χ0v) is 21.3. The lowest BCUT2D eigenvalue weighted by atomic mass is 10.1. The van der Waals surface area contributed by atoms with Crippen molar-refractivity contribution in [2.45, 2.75) is 32.9 Å². The van der Waals surface area contributed by atoms with Gasteiger partial charge in [-0.1, -0.05) is 48.5 Å². The number of amides is 2. The summed E-state index contributed by atoms with van der Waals surface area (Å²) < 4.78 is 16.6. The van der Waals surface area contributed by atoms with Crippen molar-refractivity contribution in [1.82, 2.24) is 10.7 Å². The Hall–Kier alpha value is -4.84. The molecule has 0 aliphatic carbocycles. The minimum Gasteiger partial charge on any atom is -0.490 e. The summed E-state index contributed by atoms with van der Waals surface area (Å²) in [6.45, 7) is 4.37. The van der Waals surface area contributed by atoms with Crippen LogP contribution in [0.15, 0.2) is 77.9 Å². The minimum atomic E-state index is -0.875. The van der Waals surface area contributed by atoms with E-state index in [0.717, 1.165) is 11.1 Å². The van der Waals surface area contributed by atoms with Gasteiger partial charge in [0, 0.05) is 12.0 Å². The molecule has 0 saturated carbocycles. The molecule has 0 aliphatic rings. The first kappa shape index (κ1) is 27.7. The number of alkyl carbamates (subject to hydrolysis) is 1. The van der Waals surface area contributed by atoms with Crippen molar-refractivity contribution < 1.29 is 23.8 Å². The second-order valence-electron chi connectivity index (χ2n) is 8.04. The molecule has 0 aliphatic heterocycles. The van der Waals surface area contributed by atoms with Gasteiger partial charge in [-0.25, -0.2) is 10.2 Å². The molecule has 196 valence electrons. The molecule has 0 radical (unpaired) electrons. The number of carbonyl (C=O) groups excluding carboxylic acids is 2. The summed E-state index contributed by atoms with van der Waals surface area (Å²) in [7, 11) is 0. The molecule has 9 heteroatoms. The van der Waals surface area contributed by atoms with Gasteiger partial charge in [0.05, 0.1) is 31.1 Å². The Morgan fingerprint density at radius 3 is 2.47 bits per heavy atom. The van der Waals surface area contributed by atoms with E-state index < -0.39 is 18.0 Å². The number of carbonyl (C=O) groups is 2. The zero-order chi connectivity index (χ0) is 27.2. The largest absolute Gasteiger partial charge is 0.490 e. The maximum atomic E-state index is 12.8. The molecule has 0 saturated heterocycles. The third-order valence-corrected chi connectivity index (χ3v) is 5.34. The van der Waals surface area contributed by atoms with Crippen molar-refractivity contribution >= 4 is 18.2 Å². The number of hydrogen-bond acceptors (Lipinski definition) is 7. The molecule has 1 atom stereocenters. The number of nitrogens with one attached hydrogen (secondary N) is 2. The highest BCUT2D eigenvalue weighted by atomic mass is 16.5. The van der Waals surface area contributed by atoms with Gasteiger partial charge in [0.15, 0.2) is 11.5 Å². The van der Waals surface area contributed by atoms with Crippen LogP contribution in [0.1, 0.15) is 36.1 Å². The van der Waals surface area contributed by atoms with Gasteiger partial charge in [0.2, 0.25) is 0 Å². The molecule has 0 spiro atoms. The van der Waals surface area contributed by atoms with Crippen molar-refractivity contribution in [2.24, 2.45) is 5.10 Å². The van der Waals surface area contributed by atoms with Crippen LogP contribution >= 0.6 is 0 Å². The number of nitrogens with zero attached hydrogens (tertiary/aromatic N) is 2. The van der Waals surface area contributed by atoms with Crippen LogP contribution in [0.2, 0.25) is 0 Å². The molecule has 3 aromatic carbocycles. The van der Waals surface area contributed by atoms with Crippen LogP contribution < -0.4 is 20.2 Å². The quantitative estimate of drug-likeness (QED) is 0.274. The Balaban J connectivity index is 1.67. The summed E-state index contributed by atoms with van der Waals surface area (Å²) in [5, 5.41) is 15.9. The molecular weight excluding hydrogens is 484 g/mol. The topological polar surface area (TPSA) is 122 Å². The van der Waals surface area contributed by atoms with Gasteiger partial charge in [-0.05, 0) is 49.2 Å². The Kier molecular flexibility index (Phi) is 10.7. The van der Waals surface area contributed by atoms with Crippen LogP contribution in [0, 0.1) is 11.3 Å². The van der Waals surface area contributed by atoms with Crippen molar-refractivity contribution in [3.05, 3.63) is 95.1 Å². The molecule has 0 unspecified atom stereocenters. The predicted octanol–water partition coefficient (Wildman–Crippen LogP) is 4.34. The van der Waals surface area contributed by atoms with Gasteiger partial charge in [-0.2, -0.15) is 10.4 Å². The second-order valence-corrected chi connectivity index (χ2v) is 8.04. The van der Waals surface area contributed by atoms with E-state index in [1.54, 1.807) is 37.3 Å². The average Bonchev–Trinajstić information content (AvgIpc) is 2.93. The predicted molar refractivity (Wildman–Crippen MR) is 143 cm³/mol. The van der Waals surface area contributed by atoms with E-state index in [4.69, 9.17) is 14.2 Å². The third-order valence-electron chi connectivity index (χ3n) is 5.34. The molecule has 3 aromatic rings. The normalized spacial score (nSPS) is 11.3. The fourth-order valence-corrected chi connectivity index (χ4v) is 3.53. The van der Waals surface area contributed by atoms with Gasteiger partial charge < -0.3 is 19.5 Å². The lowest BCUT2D eigenvalue weighted by Gasteiger charge is -2.17. The highest BCUT2D eigenvalue weighted by Crippen LogP contribution is 2.29. The number of hydrazone groups is 1. The van der Waals surface area contributed by atoms with E-state index in [0.29, 0.717) is 29.2 Å². The maximum Gasteiger partial charge on any atom is 0.407 e. The van der Waals surface area contributed by atoms with Crippen molar-refractivity contribution in [2.75, 3.05) is 13.2 Å². The molecule has 3 rings (SSSR count). The Morgan fingerprint density at radius 2 is 1.74 bits per heavy atom. The fourth-order valence-electron chi connectivity index (χ4n) is 3.53. The molecule has 0 heterocycles. The van der Waals surface area contributed by atoms with Crippen molar-refractivity contribution in [1.29, 1.82) is 5.26 Å². The Labute approximate surface area is 222 Å². The van der Waals surface area contributed by atoms with Crippen LogP contribution in [0.5, 0.6) is 11.5 Å². The average molecular weight is 515 g/mol. The first-order valence-electron chi connectivity index (χ1n) is 12.2. The van der Waals surface area contributed by atoms with E-state index in [2.05, 4.69) is 21.9 Å². The molecule has 2 N–H and O–H groups in total. The van der Waals surface area contributed by atoms with E-state index in [1.165, 1.54) is 6.21 Å². The van der Waals surface area contributed by atoms with Crippen LogP contribution in [-0.2, 0) is 22.6 Å². The van der Waals surface area contributed by atoms with Crippen molar-refractivity contribution in [3.8, 4) is 17.6 Å². The number of nitriles is 1. The summed E-state index contributed by atoms with van der Waals surface area (Å²) in [5.74, 6) is 0.532. The third kappa shape index (κ3) is 8.38. The fraction of sp³-hybridized carbons (Fsp3) is 0.241. The molecular formula is C29H30N4O5. The Bertz CT molecular complexity index is 1290. The number of ether oxygens (including phenoxy) is 3. The maximum absolute atomic E-state index is 12.8. The van der Waals surface area contributed by atoms with Gasteiger partial charge in [-0.3, -0.25) is 4.79 Å². The Morgan fingerprint density at radius 1 is 0.974 bits per heavy atom. The number of hydrogen-bond donors (Lipinski definition) is 2. The van der Waals surface area contributed by atoms with Crippen LogP contribution in [0.25, 0.3) is 0 Å². The lowest BCUT2D eigenvalue weighted by molar-refractivity contribution is -0.123. The monoisotopic (exact) mass is 514 g/mol. The van der Waals surface area contributed by atoms with E-state index in [-0.39, 0.29) is 19.6 Å². The van der Waals surface area contributed by atoms with Crippen LogP contribution in [0.3, 0.4) is 0 Å². The molecule has 0 fully saturated rings. The van der Waals surface area contributed by atoms with Gasteiger partial charge in [0.1, 0.15) is 12.6 Å². The highest BCUT2D eigenvalue weighted by molar-refractivity contribution is 5.87. The molecule has 0 bridgehead atoms. The van der Waals surface area contributed by atoms with E-state index in [1.807, 2.05) is 49.4 Å². The summed E-state index contributed by atoms with van der Waals surface area (Å²) in [6, 6.07) is 23.1. The zero-order valence-electron chi connectivity index (χ0n) is 21.3. The first-order valence-corrected chi connectivity index (χ1v) is 12.2. The lowest BCUT2D eigenvalue weighted by Crippen LogP contribution is -2.47. The van der Waals surface area contributed by atoms with Gasteiger partial charge in [-0.15, -0.1) is 0 Å². The smallest absolute Gasteiger partial charge is 0.407 e. The highest BCUT2D eigenvalue weighted by Gasteiger charge is 2.21. The van der Waals surface area contributed by atoms with Gasteiger partial charge in [0.25, 0.3) is 5.91 Å². The number of rotatable bonds is 12. The number of benzene rings is 3. The summed E-state index contributed by atoms with van der Waals surface area (Å²) in [5.41, 5.74) is 5.34. The summed E-state index contributed by atoms with van der Waals surface area (Å²) in [4.78, 5) is 24.8. The van der Waals surface area contributed by atoms with Gasteiger partial charge >= 0.3 is 6.09 Å². The first-order chi connectivity index (χ1) is 18.5. The second kappa shape index (κ2) is 14.7. The minimum absolute atomic E-state index is 0.191. The van der Waals surface area contributed by atoms with E-state index >= 15 is 0 Å². The summed E-state index contributed by atoms with van der Waals surface area (Å²) in [6.07, 6.45) is 1.07. The molecule has 38 heavy (non-hydrogen) atoms. The van der Waals surface area contributed by atoms with Crippen molar-refractivity contribution in [3.63, 3.8) is 0 Å². The molecule has 9 nitrogen and oxygen atoms in total. The SMILES string of the molecule is CCOC(=O)N[C@@H](Cc1ccccc1)C(=O)N/N=C\c1ccc(OCc2ccccc2C#N)c(OCC)c1. The molecule has 2 amide bonds. The van der Waals surface area contributed by atoms with Crippen LogP contribution in [0.4, 0.5) is 4.79 Å². The van der Waals surface area contributed by atoms with Crippen LogP contribution in [-0.4, -0.2) is 37.5 Å². The van der Waals surface area contributed by atoms with E-state index in [9.17, 15) is 14.9 Å².